The van der Waals surface area contributed by atoms with Crippen molar-refractivity contribution in [2.24, 2.45) is 0 Å². The first-order chi connectivity index (χ1) is 7.99. The molecule has 0 spiro atoms. The zero-order valence-electron chi connectivity index (χ0n) is 9.16. The molecule has 4 nitrogen and oxygen atoms in total. The highest BCUT2D eigenvalue weighted by molar-refractivity contribution is 9.09. The van der Waals surface area contributed by atoms with Crippen molar-refractivity contribution in [2.75, 3.05) is 0 Å². The van der Waals surface area contributed by atoms with E-state index in [1.54, 1.807) is 6.92 Å². The first-order valence-electron chi connectivity index (χ1n) is 5.23. The first-order valence-corrected chi connectivity index (χ1v) is 8.18. The quantitative estimate of drug-likeness (QED) is 0.420. The van der Waals surface area contributed by atoms with E-state index in [-0.39, 0.29) is 9.65 Å². The molecule has 1 aromatic heterocycles. The van der Waals surface area contributed by atoms with Crippen molar-refractivity contribution in [3.63, 3.8) is 0 Å². The van der Waals surface area contributed by atoms with Gasteiger partial charge in [-0.3, -0.25) is 0 Å². The molecule has 94 valence electrons. The molecule has 2 atom stereocenters. The van der Waals surface area contributed by atoms with E-state index in [1.165, 1.54) is 0 Å². The van der Waals surface area contributed by atoms with Crippen molar-refractivity contribution in [2.45, 2.75) is 34.7 Å². The zero-order chi connectivity index (χ0) is 12.7. The van der Waals surface area contributed by atoms with Gasteiger partial charge >= 0.3 is 0 Å². The largest absolute Gasteiger partial charge is 0.428 e. The van der Waals surface area contributed by atoms with Crippen LogP contribution in [0.5, 0.6) is 0 Å². The van der Waals surface area contributed by atoms with E-state index in [9.17, 15) is 10.1 Å². The minimum atomic E-state index is -0.0133. The zero-order valence-corrected chi connectivity index (χ0v) is 13.9. The van der Waals surface area contributed by atoms with Crippen LogP contribution in [0.2, 0.25) is 0 Å². The summed E-state index contributed by atoms with van der Waals surface area (Å²) in [7, 11) is 0. The third-order valence-corrected chi connectivity index (χ3v) is 5.40. The fraction of sp³-hybridized carbons (Fsp3) is 0.600. The van der Waals surface area contributed by atoms with E-state index >= 15 is 0 Å². The van der Waals surface area contributed by atoms with Gasteiger partial charge in [0.2, 0.25) is 0 Å². The summed E-state index contributed by atoms with van der Waals surface area (Å²) in [4.78, 5) is 12.3. The van der Waals surface area contributed by atoms with E-state index in [1.807, 2.05) is 0 Å². The molecule has 17 heavy (non-hydrogen) atoms. The molecule has 0 saturated carbocycles. The second-order valence-corrected chi connectivity index (χ2v) is 6.83. The van der Waals surface area contributed by atoms with Crippen LogP contribution in [0.1, 0.15) is 45.3 Å². The number of hydrogen-bond acceptors (Lipinski definition) is 2. The summed E-state index contributed by atoms with van der Waals surface area (Å²) < 4.78 is 2.06. The van der Waals surface area contributed by atoms with Gasteiger partial charge in [-0.15, -0.1) is 0 Å². The molecule has 1 heterocycles. The molecule has 0 aliphatic heterocycles. The number of halogens is 3. The maximum atomic E-state index is 12.3. The van der Waals surface area contributed by atoms with Gasteiger partial charge in [-0.05, 0) is 19.8 Å². The van der Waals surface area contributed by atoms with Gasteiger partial charge in [0.25, 0.3) is 11.4 Å². The highest BCUT2D eigenvalue weighted by atomic mass is 79.9. The topological polar surface area (TPSA) is 48.1 Å². The molecule has 0 saturated heterocycles. The third kappa shape index (κ3) is 2.10. The molecule has 1 aliphatic rings. The van der Waals surface area contributed by atoms with Crippen LogP contribution in [0.4, 0.5) is 0 Å². The number of aromatic nitrogens is 2. The van der Waals surface area contributed by atoms with E-state index in [0.717, 1.165) is 22.0 Å². The SMILES string of the molecule is Cc1c(CBr)[n+](=O)c2c(n1O)[C@H](Br)CC[C@@H]2Br. The van der Waals surface area contributed by atoms with Gasteiger partial charge < -0.3 is 5.21 Å². The molecule has 2 rings (SSSR count). The molecule has 0 bridgehead atoms. The number of alkyl halides is 3. The average Bonchev–Trinajstić information content (AvgIpc) is 2.30. The van der Waals surface area contributed by atoms with Crippen LogP contribution in [0.25, 0.3) is 0 Å². The Morgan fingerprint density at radius 2 is 2.00 bits per heavy atom. The number of hydrogen-bond donors (Lipinski definition) is 1. The third-order valence-electron chi connectivity index (χ3n) is 3.08. The monoisotopic (exact) mass is 429 g/mol. The Bertz CT molecular complexity index is 515. The molecular formula is C10H12Br3N2O2+. The molecule has 0 amide bonds. The minimum Gasteiger partial charge on any atom is -0.428 e. The number of rotatable bonds is 1. The smallest absolute Gasteiger partial charge is 0.277 e. The molecular weight excluding hydrogens is 420 g/mol. The highest BCUT2D eigenvalue weighted by Crippen LogP contribution is 2.43. The standard InChI is InChI=1S/C10H12Br3N2O2/c1-5-8(4-11)15(17)10-7(13)3-2-6(12)9(10)14(5)16/h6-7,16H,2-4H2,1H3/q+1/t6-,7+/m1/s1. The van der Waals surface area contributed by atoms with Crippen molar-refractivity contribution in [3.8, 4) is 0 Å². The van der Waals surface area contributed by atoms with E-state index in [0.29, 0.717) is 28.1 Å². The lowest BCUT2D eigenvalue weighted by Gasteiger charge is -2.22. The Kier molecular flexibility index (Phi) is 3.99. The molecule has 7 heteroatoms. The van der Waals surface area contributed by atoms with E-state index < -0.39 is 0 Å². The molecule has 1 N–H and O–H groups in total. The second-order valence-electron chi connectivity index (χ2n) is 4.05. The highest BCUT2D eigenvalue weighted by Gasteiger charge is 2.38. The van der Waals surface area contributed by atoms with Gasteiger partial charge in [0.15, 0.2) is 0 Å². The van der Waals surface area contributed by atoms with Gasteiger partial charge in [-0.2, -0.15) is 4.73 Å². The lowest BCUT2D eigenvalue weighted by Crippen LogP contribution is -2.36. The van der Waals surface area contributed by atoms with Crippen LogP contribution in [0.15, 0.2) is 0 Å². The molecule has 0 unspecified atom stereocenters. The number of fused-ring (bicyclic) bond motifs is 1. The summed E-state index contributed by atoms with van der Waals surface area (Å²) >= 11 is 10.3. The summed E-state index contributed by atoms with van der Waals surface area (Å²) in [5, 5.41) is 10.6. The Morgan fingerprint density at radius 1 is 1.41 bits per heavy atom. The predicted molar refractivity (Wildman–Crippen MR) is 74.9 cm³/mol. The Balaban J connectivity index is 2.83. The summed E-state index contributed by atoms with van der Waals surface area (Å²) in [6.07, 6.45) is 1.76. The van der Waals surface area contributed by atoms with Gasteiger partial charge in [0.1, 0.15) is 16.2 Å². The van der Waals surface area contributed by atoms with Gasteiger partial charge in [-0.25, -0.2) is 0 Å². The Morgan fingerprint density at radius 3 is 2.59 bits per heavy atom. The first kappa shape index (κ1) is 13.5. The van der Waals surface area contributed by atoms with Crippen LogP contribution in [0.3, 0.4) is 0 Å². The van der Waals surface area contributed by atoms with Crippen molar-refractivity contribution in [1.82, 2.24) is 4.73 Å². The second kappa shape index (κ2) is 5.01. The van der Waals surface area contributed by atoms with Crippen molar-refractivity contribution < 1.29 is 9.63 Å². The van der Waals surface area contributed by atoms with Crippen LogP contribution in [-0.4, -0.2) is 9.94 Å². The lowest BCUT2D eigenvalue weighted by molar-refractivity contribution is -0.516. The van der Waals surface area contributed by atoms with Crippen LogP contribution in [-0.2, 0) is 5.33 Å². The summed E-state index contributed by atoms with van der Waals surface area (Å²) in [6.45, 7) is 1.74. The number of nitrogens with zero attached hydrogens (tertiary/aromatic N) is 2. The van der Waals surface area contributed by atoms with E-state index in [2.05, 4.69) is 47.8 Å². The van der Waals surface area contributed by atoms with Crippen molar-refractivity contribution >= 4 is 47.8 Å². The molecule has 1 aromatic rings. The maximum absolute atomic E-state index is 12.3. The summed E-state index contributed by atoms with van der Waals surface area (Å²) in [6, 6.07) is 0. The summed E-state index contributed by atoms with van der Waals surface area (Å²) in [5.41, 5.74) is 2.36. The maximum Gasteiger partial charge on any atom is 0.277 e. The molecule has 0 aromatic carbocycles. The van der Waals surface area contributed by atoms with Crippen molar-refractivity contribution in [3.05, 3.63) is 27.7 Å². The summed E-state index contributed by atoms with van der Waals surface area (Å²) in [5.74, 6) is 0. The fourth-order valence-electron chi connectivity index (χ4n) is 2.11. The van der Waals surface area contributed by atoms with Crippen LogP contribution >= 0.6 is 47.8 Å². The normalized spacial score (nSPS) is 23.5. The van der Waals surface area contributed by atoms with E-state index in [4.69, 9.17) is 0 Å². The van der Waals surface area contributed by atoms with Crippen LogP contribution < -0.4 is 4.43 Å². The lowest BCUT2D eigenvalue weighted by atomic mass is 9.99. The molecule has 1 aliphatic carbocycles. The Labute approximate surface area is 124 Å². The van der Waals surface area contributed by atoms with Gasteiger partial charge in [0.05, 0.1) is 14.6 Å². The Hall–Kier alpha value is 0.120. The fourth-order valence-corrected chi connectivity index (χ4v) is 4.12. The predicted octanol–water partition coefficient (Wildman–Crippen LogP) is 3.51. The van der Waals surface area contributed by atoms with Crippen molar-refractivity contribution in [1.29, 1.82) is 0 Å². The van der Waals surface area contributed by atoms with Gasteiger partial charge in [0, 0.05) is 4.91 Å². The molecule has 0 radical (unpaired) electrons. The van der Waals surface area contributed by atoms with Crippen LogP contribution in [0, 0.1) is 11.8 Å². The molecule has 0 fully saturated rings. The van der Waals surface area contributed by atoms with Gasteiger partial charge in [-0.1, -0.05) is 47.8 Å². The minimum absolute atomic E-state index is 0.0133. The average molecular weight is 432 g/mol.